The van der Waals surface area contributed by atoms with Crippen molar-refractivity contribution in [2.45, 2.75) is 57.6 Å². The third kappa shape index (κ3) is 6.03. The minimum Gasteiger partial charge on any atom is -0.493 e. The van der Waals surface area contributed by atoms with Crippen molar-refractivity contribution in [2.75, 3.05) is 19.7 Å². The van der Waals surface area contributed by atoms with E-state index < -0.39 is 5.60 Å². The Balaban J connectivity index is 1.37. The van der Waals surface area contributed by atoms with Crippen LogP contribution in [0.25, 0.3) is 0 Å². The average molecular weight is 476 g/mol. The molecule has 3 amide bonds. The Morgan fingerprint density at radius 3 is 2.79 bits per heavy atom. The number of rotatable bonds is 12. The molecular weight excluding hydrogens is 446 g/mol. The number of hydrogen-bond donors (Lipinski definition) is 2. The first kappa shape index (κ1) is 23.5. The van der Waals surface area contributed by atoms with Gasteiger partial charge in [-0.15, -0.1) is 5.10 Å². The van der Waals surface area contributed by atoms with Crippen LogP contribution in [0.2, 0.25) is 5.02 Å². The Morgan fingerprint density at radius 1 is 1.27 bits per heavy atom. The number of aromatic nitrogens is 3. The van der Waals surface area contributed by atoms with Crippen LogP contribution in [0, 0.1) is 5.92 Å². The van der Waals surface area contributed by atoms with Crippen LogP contribution in [0.15, 0.2) is 24.4 Å². The van der Waals surface area contributed by atoms with Crippen LogP contribution in [0.5, 0.6) is 5.75 Å². The largest absolute Gasteiger partial charge is 0.493 e. The topological polar surface area (TPSA) is 110 Å². The summed E-state index contributed by atoms with van der Waals surface area (Å²) in [6, 6.07) is 5.07. The second-order valence-electron chi connectivity index (χ2n) is 8.93. The maximum Gasteiger partial charge on any atom is 0.324 e. The van der Waals surface area contributed by atoms with Gasteiger partial charge >= 0.3 is 6.03 Å². The lowest BCUT2D eigenvalue weighted by atomic mass is 9.90. The molecule has 0 radical (unpaired) electrons. The van der Waals surface area contributed by atoms with Crippen molar-refractivity contribution < 1.29 is 19.4 Å². The molecule has 1 aromatic heterocycles. The van der Waals surface area contributed by atoms with Crippen LogP contribution in [-0.2, 0) is 23.4 Å². The molecule has 2 heterocycles. The summed E-state index contributed by atoms with van der Waals surface area (Å²) in [5.74, 6) is 1.03. The van der Waals surface area contributed by atoms with Crippen LogP contribution in [-0.4, -0.2) is 56.6 Å². The van der Waals surface area contributed by atoms with Crippen LogP contribution >= 0.6 is 11.6 Å². The number of carbonyl (C=O) groups excluding carboxylic acids is 2. The van der Waals surface area contributed by atoms with E-state index in [2.05, 4.69) is 15.6 Å². The van der Waals surface area contributed by atoms with E-state index in [1.807, 2.05) is 13.0 Å². The lowest BCUT2D eigenvalue weighted by molar-refractivity contribution is -0.118. The zero-order chi connectivity index (χ0) is 23.4. The van der Waals surface area contributed by atoms with Gasteiger partial charge < -0.3 is 14.7 Å². The third-order valence-electron chi connectivity index (χ3n) is 6.26. The predicted octanol–water partition coefficient (Wildman–Crippen LogP) is 2.89. The van der Waals surface area contributed by atoms with E-state index in [9.17, 15) is 14.7 Å². The fourth-order valence-corrected chi connectivity index (χ4v) is 4.17. The molecule has 4 rings (SSSR count). The number of aryl methyl sites for hydroxylation is 1. The number of halogens is 1. The molecule has 1 unspecified atom stereocenters. The number of amides is 3. The number of imide groups is 1. The smallest absolute Gasteiger partial charge is 0.324 e. The Kier molecular flexibility index (Phi) is 7.19. The molecule has 1 aliphatic carbocycles. The van der Waals surface area contributed by atoms with Gasteiger partial charge in [0.15, 0.2) is 0 Å². The molecule has 2 fully saturated rings. The molecule has 1 aliphatic heterocycles. The van der Waals surface area contributed by atoms with Crippen molar-refractivity contribution in [2.24, 2.45) is 5.92 Å². The van der Waals surface area contributed by atoms with E-state index in [1.165, 1.54) is 17.7 Å². The van der Waals surface area contributed by atoms with Crippen molar-refractivity contribution >= 4 is 23.5 Å². The number of benzene rings is 1. The molecule has 178 valence electrons. The van der Waals surface area contributed by atoms with Crippen LogP contribution in [0.3, 0.4) is 0 Å². The van der Waals surface area contributed by atoms with Crippen molar-refractivity contribution in [3.8, 4) is 5.75 Å². The first-order valence-corrected chi connectivity index (χ1v) is 11.9. The lowest BCUT2D eigenvalue weighted by Gasteiger charge is -2.28. The van der Waals surface area contributed by atoms with Crippen molar-refractivity contribution in [1.29, 1.82) is 0 Å². The highest BCUT2D eigenvalue weighted by atomic mass is 35.5. The second kappa shape index (κ2) is 10.1. The summed E-state index contributed by atoms with van der Waals surface area (Å²) in [7, 11) is 0. The summed E-state index contributed by atoms with van der Waals surface area (Å²) in [5, 5.41) is 22.5. The van der Waals surface area contributed by atoms with Gasteiger partial charge in [-0.25, -0.2) is 9.48 Å². The summed E-state index contributed by atoms with van der Waals surface area (Å²) in [4.78, 5) is 24.4. The van der Waals surface area contributed by atoms with Crippen molar-refractivity contribution in [3.63, 3.8) is 0 Å². The third-order valence-corrected chi connectivity index (χ3v) is 6.48. The summed E-state index contributed by atoms with van der Waals surface area (Å²) in [5.41, 5.74) is 0.407. The van der Waals surface area contributed by atoms with Gasteiger partial charge in [0, 0.05) is 11.6 Å². The minimum absolute atomic E-state index is 0.119. The SMILES string of the molecule is CCC(O)(Cn1nncc1CCCCN1CC(=O)NC1=O)c1cc(Cl)cc(OCC2CC2)c1. The van der Waals surface area contributed by atoms with E-state index in [1.54, 1.807) is 23.0 Å². The van der Waals surface area contributed by atoms with Gasteiger partial charge in [-0.1, -0.05) is 23.7 Å². The number of urea groups is 1. The van der Waals surface area contributed by atoms with Crippen LogP contribution in [0.1, 0.15) is 50.3 Å². The molecule has 0 spiro atoms. The number of ether oxygens (including phenoxy) is 1. The van der Waals surface area contributed by atoms with Gasteiger partial charge in [-0.05, 0) is 68.2 Å². The van der Waals surface area contributed by atoms with Crippen molar-refractivity contribution in [3.05, 3.63) is 40.7 Å². The first-order valence-electron chi connectivity index (χ1n) is 11.5. The van der Waals surface area contributed by atoms with Gasteiger partial charge in [0.1, 0.15) is 17.9 Å². The van der Waals surface area contributed by atoms with Gasteiger partial charge in [-0.3, -0.25) is 10.1 Å². The zero-order valence-corrected chi connectivity index (χ0v) is 19.6. The zero-order valence-electron chi connectivity index (χ0n) is 18.8. The second-order valence-corrected chi connectivity index (χ2v) is 9.37. The van der Waals surface area contributed by atoms with Crippen LogP contribution in [0.4, 0.5) is 4.79 Å². The van der Waals surface area contributed by atoms with E-state index in [0.717, 1.165) is 18.5 Å². The molecule has 9 nitrogen and oxygen atoms in total. The number of nitrogens with zero attached hydrogens (tertiary/aromatic N) is 4. The minimum atomic E-state index is -1.18. The quantitative estimate of drug-likeness (QED) is 0.361. The maximum atomic E-state index is 11.6. The molecule has 2 aromatic rings. The fraction of sp³-hybridized carbons (Fsp3) is 0.565. The predicted molar refractivity (Wildman–Crippen MR) is 122 cm³/mol. The molecular formula is C23H30ClN5O4. The molecule has 0 bridgehead atoms. The van der Waals surface area contributed by atoms with E-state index in [4.69, 9.17) is 16.3 Å². The molecule has 1 aromatic carbocycles. The Bertz CT molecular complexity index is 1010. The molecule has 1 saturated heterocycles. The van der Waals surface area contributed by atoms with Gasteiger partial charge in [-0.2, -0.15) is 0 Å². The van der Waals surface area contributed by atoms with Gasteiger partial charge in [0.2, 0.25) is 5.91 Å². The number of hydrogen-bond acceptors (Lipinski definition) is 6. The number of aliphatic hydroxyl groups is 1. The van der Waals surface area contributed by atoms with Crippen LogP contribution < -0.4 is 10.1 Å². The Morgan fingerprint density at radius 2 is 2.09 bits per heavy atom. The molecule has 2 N–H and O–H groups in total. The summed E-state index contributed by atoms with van der Waals surface area (Å²) < 4.78 is 7.61. The summed E-state index contributed by atoms with van der Waals surface area (Å²) >= 11 is 6.34. The number of carbonyl (C=O) groups is 2. The monoisotopic (exact) mass is 475 g/mol. The van der Waals surface area contributed by atoms with E-state index in [-0.39, 0.29) is 25.0 Å². The van der Waals surface area contributed by atoms with E-state index in [0.29, 0.717) is 48.2 Å². The van der Waals surface area contributed by atoms with Crippen molar-refractivity contribution in [1.82, 2.24) is 25.2 Å². The molecule has 2 aliphatic rings. The highest BCUT2D eigenvalue weighted by Crippen LogP contribution is 2.34. The first-order chi connectivity index (χ1) is 15.9. The summed E-state index contributed by atoms with van der Waals surface area (Å²) in [6.07, 6.45) is 6.81. The molecule has 10 heteroatoms. The normalized spacial score (nSPS) is 17.8. The Labute approximate surface area is 198 Å². The highest BCUT2D eigenvalue weighted by Gasteiger charge is 2.31. The number of nitrogens with one attached hydrogen (secondary N) is 1. The summed E-state index contributed by atoms with van der Waals surface area (Å²) in [6.45, 7) is 3.47. The maximum absolute atomic E-state index is 11.6. The highest BCUT2D eigenvalue weighted by molar-refractivity contribution is 6.30. The van der Waals surface area contributed by atoms with Gasteiger partial charge in [0.05, 0.1) is 25.0 Å². The average Bonchev–Trinajstić information content (AvgIpc) is 3.43. The lowest BCUT2D eigenvalue weighted by Crippen LogP contribution is -2.32. The fourth-order valence-electron chi connectivity index (χ4n) is 3.95. The number of unbranched alkanes of at least 4 members (excludes halogenated alkanes) is 1. The molecule has 1 saturated carbocycles. The van der Waals surface area contributed by atoms with Gasteiger partial charge in [0.25, 0.3) is 0 Å². The molecule has 1 atom stereocenters. The van der Waals surface area contributed by atoms with E-state index >= 15 is 0 Å². The standard InChI is InChI=1S/C23H30ClN5O4/c1-2-23(32,17-9-18(24)11-20(10-17)33-14-16-6-7-16)15-29-19(12-25-27-29)5-3-4-8-28-13-21(30)26-22(28)31/h9-12,16,32H,2-8,13-15H2,1H3,(H,26,30,31). The Hall–Kier alpha value is -2.65. The molecule has 33 heavy (non-hydrogen) atoms.